The molecule has 0 fully saturated rings. The largest absolute Gasteiger partial charge is 0.324 e. The van der Waals surface area contributed by atoms with E-state index in [1.165, 1.54) is 6.07 Å². The van der Waals surface area contributed by atoms with Crippen LogP contribution in [0, 0.1) is 5.82 Å². The number of anilines is 1. The van der Waals surface area contributed by atoms with Gasteiger partial charge >= 0.3 is 0 Å². The Bertz CT molecular complexity index is 939. The first kappa shape index (κ1) is 16.0. The molecule has 2 heterocycles. The third-order valence-electron chi connectivity index (χ3n) is 4.32. The molecular formula is C18H14BrFN4O. The summed E-state index contributed by atoms with van der Waals surface area (Å²) in [6, 6.07) is 11.9. The van der Waals surface area contributed by atoms with Crippen molar-refractivity contribution in [3.63, 3.8) is 0 Å². The molecule has 3 aromatic rings. The van der Waals surface area contributed by atoms with Gasteiger partial charge in [0.05, 0.1) is 6.20 Å². The number of nitrogens with one attached hydrogen (secondary N) is 1. The highest BCUT2D eigenvalue weighted by atomic mass is 79.9. The van der Waals surface area contributed by atoms with Crippen LogP contribution in [0.3, 0.4) is 0 Å². The van der Waals surface area contributed by atoms with Crippen LogP contribution in [-0.4, -0.2) is 20.9 Å². The Morgan fingerprint density at radius 1 is 1.20 bits per heavy atom. The average molecular weight is 401 g/mol. The first-order chi connectivity index (χ1) is 12.1. The van der Waals surface area contributed by atoms with Crippen LogP contribution < -0.4 is 5.32 Å². The molecule has 1 N–H and O–H groups in total. The van der Waals surface area contributed by atoms with Crippen LogP contribution in [0.4, 0.5) is 10.1 Å². The Morgan fingerprint density at radius 2 is 2.00 bits per heavy atom. The zero-order valence-electron chi connectivity index (χ0n) is 13.1. The molecule has 7 heteroatoms. The lowest BCUT2D eigenvalue weighted by Crippen LogP contribution is -2.25. The van der Waals surface area contributed by atoms with Crippen LogP contribution in [-0.2, 0) is 11.2 Å². The van der Waals surface area contributed by atoms with E-state index in [1.54, 1.807) is 23.0 Å². The third-order valence-corrected chi connectivity index (χ3v) is 4.85. The molecule has 5 nitrogen and oxygen atoms in total. The number of aromatic nitrogens is 3. The minimum atomic E-state index is -0.525. The topological polar surface area (TPSA) is 59.8 Å². The van der Waals surface area contributed by atoms with E-state index in [1.807, 2.05) is 24.3 Å². The lowest BCUT2D eigenvalue weighted by molar-refractivity contribution is -0.119. The molecule has 1 amide bonds. The summed E-state index contributed by atoms with van der Waals surface area (Å²) in [6.45, 7) is 0. The van der Waals surface area contributed by atoms with Crippen molar-refractivity contribution in [2.75, 3.05) is 5.32 Å². The van der Waals surface area contributed by atoms with E-state index in [4.69, 9.17) is 0 Å². The van der Waals surface area contributed by atoms with Crippen molar-refractivity contribution < 1.29 is 9.18 Å². The molecule has 0 saturated carbocycles. The summed E-state index contributed by atoms with van der Waals surface area (Å²) in [5.74, 6) is -0.510. The van der Waals surface area contributed by atoms with Crippen molar-refractivity contribution in [3.05, 3.63) is 64.5 Å². The molecule has 25 heavy (non-hydrogen) atoms. The zero-order valence-corrected chi connectivity index (χ0v) is 14.7. The number of hydrogen-bond donors (Lipinski definition) is 1. The molecular weight excluding hydrogens is 387 g/mol. The van der Waals surface area contributed by atoms with Gasteiger partial charge in [-0.25, -0.2) is 9.07 Å². The number of nitrogens with zero attached hydrogens (tertiary/aromatic N) is 3. The van der Waals surface area contributed by atoms with Crippen molar-refractivity contribution in [3.8, 4) is 11.3 Å². The fourth-order valence-electron chi connectivity index (χ4n) is 2.99. The van der Waals surface area contributed by atoms with E-state index in [9.17, 15) is 9.18 Å². The maximum Gasteiger partial charge on any atom is 0.249 e. The standard InChI is InChI=1S/C18H14BrFN4O/c19-12-6-4-11(5-7-12)16-10-24(23-22-16)17-9-8-13-14(20)2-1-3-15(13)21-18(17)25/h1-7,10,17H,8-9H2,(H,21,25)/t17-/m0/s1. The molecule has 126 valence electrons. The van der Waals surface area contributed by atoms with E-state index >= 15 is 0 Å². The van der Waals surface area contributed by atoms with E-state index in [-0.39, 0.29) is 11.7 Å². The number of rotatable bonds is 2. The van der Waals surface area contributed by atoms with Crippen LogP contribution >= 0.6 is 15.9 Å². The molecule has 0 aliphatic carbocycles. The summed E-state index contributed by atoms with van der Waals surface area (Å²) < 4.78 is 16.5. The van der Waals surface area contributed by atoms with Crippen molar-refractivity contribution in [1.82, 2.24) is 15.0 Å². The third kappa shape index (κ3) is 3.07. The number of hydrogen-bond acceptors (Lipinski definition) is 3. The quantitative estimate of drug-likeness (QED) is 0.707. The Hall–Kier alpha value is -2.54. The van der Waals surface area contributed by atoms with Gasteiger partial charge in [-0.15, -0.1) is 5.10 Å². The summed E-state index contributed by atoms with van der Waals surface area (Å²) in [5.41, 5.74) is 2.67. The molecule has 1 aromatic heterocycles. The van der Waals surface area contributed by atoms with Gasteiger partial charge in [-0.05, 0) is 37.1 Å². The predicted octanol–water partition coefficient (Wildman–Crippen LogP) is 3.97. The molecule has 0 saturated heterocycles. The number of fused-ring (bicyclic) bond motifs is 1. The molecule has 1 aliphatic heterocycles. The predicted molar refractivity (Wildman–Crippen MR) is 95.5 cm³/mol. The highest BCUT2D eigenvalue weighted by Crippen LogP contribution is 2.29. The maximum absolute atomic E-state index is 14.0. The average Bonchev–Trinajstić information content (AvgIpc) is 3.00. The second-order valence-electron chi connectivity index (χ2n) is 5.90. The number of amides is 1. The smallest absolute Gasteiger partial charge is 0.249 e. The molecule has 0 unspecified atom stereocenters. The van der Waals surface area contributed by atoms with Gasteiger partial charge in [0.1, 0.15) is 17.6 Å². The number of carbonyl (C=O) groups excluding carboxylic acids is 1. The normalized spacial score (nSPS) is 16.9. The molecule has 0 radical (unpaired) electrons. The van der Waals surface area contributed by atoms with Crippen molar-refractivity contribution in [2.24, 2.45) is 0 Å². The second-order valence-corrected chi connectivity index (χ2v) is 6.82. The summed E-state index contributed by atoms with van der Waals surface area (Å²) in [6.07, 6.45) is 2.67. The van der Waals surface area contributed by atoms with E-state index in [2.05, 4.69) is 31.6 Å². The van der Waals surface area contributed by atoms with Gasteiger partial charge in [0.15, 0.2) is 0 Å². The van der Waals surface area contributed by atoms with Crippen LogP contribution in [0.5, 0.6) is 0 Å². The van der Waals surface area contributed by atoms with Crippen molar-refractivity contribution >= 4 is 27.5 Å². The van der Waals surface area contributed by atoms with Gasteiger partial charge in [0.25, 0.3) is 0 Å². The lowest BCUT2D eigenvalue weighted by Gasteiger charge is -2.12. The van der Waals surface area contributed by atoms with Crippen LogP contribution in [0.2, 0.25) is 0 Å². The van der Waals surface area contributed by atoms with E-state index in [0.717, 1.165) is 10.0 Å². The highest BCUT2D eigenvalue weighted by Gasteiger charge is 2.27. The highest BCUT2D eigenvalue weighted by molar-refractivity contribution is 9.10. The monoisotopic (exact) mass is 400 g/mol. The fourth-order valence-corrected chi connectivity index (χ4v) is 3.26. The molecule has 2 aromatic carbocycles. The van der Waals surface area contributed by atoms with E-state index < -0.39 is 6.04 Å². The summed E-state index contributed by atoms with van der Waals surface area (Å²) in [5, 5.41) is 11.1. The molecule has 1 aliphatic rings. The van der Waals surface area contributed by atoms with Crippen molar-refractivity contribution in [2.45, 2.75) is 18.9 Å². The minimum Gasteiger partial charge on any atom is -0.324 e. The molecule has 1 atom stereocenters. The molecule has 0 spiro atoms. The minimum absolute atomic E-state index is 0.211. The van der Waals surface area contributed by atoms with Gasteiger partial charge in [0, 0.05) is 21.3 Å². The van der Waals surface area contributed by atoms with E-state index in [0.29, 0.717) is 29.8 Å². The summed E-state index contributed by atoms with van der Waals surface area (Å²) in [7, 11) is 0. The first-order valence-corrected chi connectivity index (χ1v) is 8.67. The summed E-state index contributed by atoms with van der Waals surface area (Å²) in [4.78, 5) is 12.6. The number of carbonyl (C=O) groups is 1. The van der Waals surface area contributed by atoms with Crippen LogP contribution in [0.1, 0.15) is 18.0 Å². The van der Waals surface area contributed by atoms with Gasteiger partial charge in [-0.2, -0.15) is 0 Å². The Balaban J connectivity index is 1.62. The van der Waals surface area contributed by atoms with Crippen LogP contribution in [0.25, 0.3) is 11.3 Å². The summed E-state index contributed by atoms with van der Waals surface area (Å²) >= 11 is 3.40. The van der Waals surface area contributed by atoms with Crippen molar-refractivity contribution in [1.29, 1.82) is 0 Å². The molecule has 0 bridgehead atoms. The number of benzene rings is 2. The van der Waals surface area contributed by atoms with Crippen LogP contribution in [0.15, 0.2) is 53.1 Å². The zero-order chi connectivity index (χ0) is 17.4. The Kier molecular flexibility index (Phi) is 4.09. The fraction of sp³-hybridized carbons (Fsp3) is 0.167. The van der Waals surface area contributed by atoms with Gasteiger partial charge in [0.2, 0.25) is 5.91 Å². The number of halogens is 2. The van der Waals surface area contributed by atoms with Gasteiger partial charge in [-0.1, -0.05) is 39.3 Å². The van der Waals surface area contributed by atoms with Gasteiger partial charge in [-0.3, -0.25) is 4.79 Å². The Labute approximate surface area is 152 Å². The maximum atomic E-state index is 14.0. The Morgan fingerprint density at radius 3 is 2.80 bits per heavy atom. The first-order valence-electron chi connectivity index (χ1n) is 7.88. The lowest BCUT2D eigenvalue weighted by atomic mass is 10.1. The van der Waals surface area contributed by atoms with Gasteiger partial charge < -0.3 is 5.32 Å². The SMILES string of the molecule is O=C1Nc2cccc(F)c2CC[C@@H]1n1cc(-c2ccc(Br)cc2)nn1. The molecule has 4 rings (SSSR count). The second kappa shape index (κ2) is 6.40.